The lowest BCUT2D eigenvalue weighted by Crippen LogP contribution is -2.34. The number of carbonyl (C=O) groups is 2. The molecule has 0 spiro atoms. The Kier molecular flexibility index (Phi) is 11.7. The van der Waals surface area contributed by atoms with Gasteiger partial charge in [0.15, 0.2) is 18.6 Å². The summed E-state index contributed by atoms with van der Waals surface area (Å²) in [6.07, 6.45) is -1.98. The molecule has 0 aliphatic rings. The van der Waals surface area contributed by atoms with Gasteiger partial charge in [-0.15, -0.1) is 0 Å². The third kappa shape index (κ3) is 8.93. The largest absolute Gasteiger partial charge is 0.506 e. The van der Waals surface area contributed by atoms with E-state index in [1.54, 1.807) is 39.0 Å². The Morgan fingerprint density at radius 1 is 0.915 bits per heavy atom. The van der Waals surface area contributed by atoms with Crippen LogP contribution in [0.1, 0.15) is 38.3 Å². The molecule has 0 aliphatic carbocycles. The maximum atomic E-state index is 13.7. The van der Waals surface area contributed by atoms with Gasteiger partial charge in [0.2, 0.25) is 0 Å². The number of rotatable bonds is 12. The van der Waals surface area contributed by atoms with Crippen molar-refractivity contribution in [2.45, 2.75) is 53.2 Å². The van der Waals surface area contributed by atoms with E-state index in [4.69, 9.17) is 37.4 Å². The molecule has 2 amide bonds. The summed E-state index contributed by atoms with van der Waals surface area (Å²) in [7, 11) is 0. The lowest BCUT2D eigenvalue weighted by Gasteiger charge is -2.28. The molecule has 0 aromatic heterocycles. The summed E-state index contributed by atoms with van der Waals surface area (Å²) in [5, 5.41) is 26.9. The summed E-state index contributed by atoms with van der Waals surface area (Å²) in [5.41, 5.74) is 2.35. The number of carbonyl (C=O) groups excluding carboxylic acids is 2. The van der Waals surface area contributed by atoms with Crippen molar-refractivity contribution in [1.82, 2.24) is 0 Å². The fourth-order valence-electron chi connectivity index (χ4n) is 4.62. The van der Waals surface area contributed by atoms with Crippen LogP contribution in [0.5, 0.6) is 23.0 Å². The maximum absolute atomic E-state index is 13.7. The minimum atomic E-state index is -0.919. The van der Waals surface area contributed by atoms with E-state index in [1.165, 1.54) is 24.3 Å². The van der Waals surface area contributed by atoms with Gasteiger partial charge in [-0.2, -0.15) is 0 Å². The second-order valence-corrected chi connectivity index (χ2v) is 11.8. The molecule has 4 aromatic rings. The van der Waals surface area contributed by atoms with Crippen molar-refractivity contribution in [3.05, 3.63) is 94.0 Å². The Morgan fingerprint density at radius 2 is 1.60 bits per heavy atom. The topological polar surface area (TPSA) is 130 Å². The summed E-state index contributed by atoms with van der Waals surface area (Å²) < 4.78 is 17.4. The van der Waals surface area contributed by atoms with E-state index in [9.17, 15) is 19.8 Å². The quantitative estimate of drug-likeness (QED) is 0.0861. The number of para-hydroxylation sites is 1. The number of hydrogen-bond donors (Lipinski definition) is 4. The highest BCUT2D eigenvalue weighted by Crippen LogP contribution is 2.43. The zero-order chi connectivity index (χ0) is 34.2. The van der Waals surface area contributed by atoms with Crippen molar-refractivity contribution in [3.8, 4) is 23.0 Å². The van der Waals surface area contributed by atoms with Gasteiger partial charge in [0.05, 0.1) is 38.9 Å². The second-order valence-electron chi connectivity index (χ2n) is 11.0. The van der Waals surface area contributed by atoms with Crippen molar-refractivity contribution >= 4 is 58.0 Å². The Balaban J connectivity index is 1.78. The molecule has 4 rings (SSSR count). The molecule has 0 saturated heterocycles. The van der Waals surface area contributed by atoms with Crippen LogP contribution in [0.15, 0.2) is 72.8 Å². The number of phenols is 2. The number of ether oxygens (including phenoxy) is 3. The number of aryl methyl sites for hydroxylation is 2. The fourth-order valence-corrected chi connectivity index (χ4v) is 5.09. The van der Waals surface area contributed by atoms with Crippen LogP contribution in [0, 0.1) is 13.8 Å². The summed E-state index contributed by atoms with van der Waals surface area (Å²) in [4.78, 5) is 28.5. The number of amides is 2. The second kappa shape index (κ2) is 15.7. The van der Waals surface area contributed by atoms with E-state index in [2.05, 4.69) is 10.6 Å². The first kappa shape index (κ1) is 35.1. The van der Waals surface area contributed by atoms with Crippen LogP contribution in [-0.4, -0.2) is 41.2 Å². The van der Waals surface area contributed by atoms with Crippen LogP contribution >= 0.6 is 23.2 Å². The molecule has 0 fully saturated rings. The number of benzene rings is 4. The minimum absolute atomic E-state index is 0.0440. The Hall–Kier alpha value is -4.80. The number of nitrogens with zero attached hydrogens (tertiary/aromatic N) is 1. The summed E-state index contributed by atoms with van der Waals surface area (Å²) >= 11 is 12.5. The molecule has 248 valence electrons. The van der Waals surface area contributed by atoms with Crippen molar-refractivity contribution < 1.29 is 34.0 Å². The predicted molar refractivity (Wildman–Crippen MR) is 185 cm³/mol. The molecule has 0 heterocycles. The van der Waals surface area contributed by atoms with Gasteiger partial charge < -0.3 is 35.1 Å². The van der Waals surface area contributed by atoms with Gasteiger partial charge in [-0.3, -0.25) is 4.79 Å². The Morgan fingerprint density at radius 3 is 2.21 bits per heavy atom. The Labute approximate surface area is 283 Å². The minimum Gasteiger partial charge on any atom is -0.506 e. The average molecular weight is 683 g/mol. The first-order valence-corrected chi connectivity index (χ1v) is 15.7. The monoisotopic (exact) mass is 681 g/mol. The lowest BCUT2D eigenvalue weighted by atomic mass is 10.1. The highest BCUT2D eigenvalue weighted by atomic mass is 35.5. The number of aromatic hydroxyl groups is 2. The maximum Gasteiger partial charge on any atom is 0.419 e. The molecular weight excluding hydrogens is 645 g/mol. The molecule has 10 nitrogen and oxygen atoms in total. The standard InChI is InChI=1S/C35H37Cl2N3O7/c1-6-31(47-32-13-12-21(4)14-22(32)5)34(43)39-27-18-30(41)28(38-19-45-24-10-8-7-9-11-24)17-29(27)40(35(44)46-20(2)3)23-15-25(36)33(42)26(37)16-23/h7-18,20,31,38,41-42H,6,19H2,1-5H3,(H,39,43). The summed E-state index contributed by atoms with van der Waals surface area (Å²) in [5.74, 6) is -0.00544. The molecular formula is C35H37Cl2N3O7. The van der Waals surface area contributed by atoms with Crippen LogP contribution in [0.4, 0.5) is 27.5 Å². The normalized spacial score (nSPS) is 11.5. The van der Waals surface area contributed by atoms with Crippen LogP contribution in [-0.2, 0) is 9.53 Å². The van der Waals surface area contributed by atoms with Gasteiger partial charge in [-0.25, -0.2) is 9.69 Å². The average Bonchev–Trinajstić information content (AvgIpc) is 3.01. The highest BCUT2D eigenvalue weighted by molar-refractivity contribution is 6.37. The zero-order valence-electron chi connectivity index (χ0n) is 26.6. The highest BCUT2D eigenvalue weighted by Gasteiger charge is 2.29. The van der Waals surface area contributed by atoms with Gasteiger partial charge in [0, 0.05) is 6.07 Å². The molecule has 0 radical (unpaired) electrons. The molecule has 4 N–H and O–H groups in total. The van der Waals surface area contributed by atoms with Gasteiger partial charge in [-0.05, 0) is 76.1 Å². The third-order valence-electron chi connectivity index (χ3n) is 6.90. The van der Waals surface area contributed by atoms with E-state index in [1.807, 2.05) is 44.2 Å². The van der Waals surface area contributed by atoms with Crippen LogP contribution in [0.25, 0.3) is 0 Å². The summed E-state index contributed by atoms with van der Waals surface area (Å²) in [6.45, 7) is 8.97. The SMILES string of the molecule is CCC(Oc1ccc(C)cc1C)C(=O)Nc1cc(O)c(NCOc2ccccc2)cc1N(C(=O)OC(C)C)c1cc(Cl)c(O)c(Cl)c1. The molecule has 47 heavy (non-hydrogen) atoms. The van der Waals surface area contributed by atoms with Gasteiger partial charge in [0.25, 0.3) is 5.91 Å². The van der Waals surface area contributed by atoms with Gasteiger partial charge >= 0.3 is 6.09 Å². The molecule has 0 saturated carbocycles. The van der Waals surface area contributed by atoms with Crippen LogP contribution in [0.2, 0.25) is 10.0 Å². The predicted octanol–water partition coefficient (Wildman–Crippen LogP) is 8.95. The molecule has 1 unspecified atom stereocenters. The number of hydrogen-bond acceptors (Lipinski definition) is 8. The Bertz CT molecular complexity index is 1710. The summed E-state index contributed by atoms with van der Waals surface area (Å²) in [6, 6.07) is 20.1. The van der Waals surface area contributed by atoms with Crippen molar-refractivity contribution in [3.63, 3.8) is 0 Å². The van der Waals surface area contributed by atoms with Crippen LogP contribution < -0.4 is 25.0 Å². The number of phenolic OH excluding ortho intramolecular Hbond substituents is 2. The van der Waals surface area contributed by atoms with Gasteiger partial charge in [0.1, 0.15) is 17.2 Å². The third-order valence-corrected chi connectivity index (χ3v) is 7.48. The van der Waals surface area contributed by atoms with Crippen LogP contribution in [0.3, 0.4) is 0 Å². The number of anilines is 4. The van der Waals surface area contributed by atoms with E-state index in [-0.39, 0.29) is 51.0 Å². The molecule has 0 bridgehead atoms. The smallest absolute Gasteiger partial charge is 0.419 e. The van der Waals surface area contributed by atoms with Crippen molar-refractivity contribution in [2.75, 3.05) is 22.3 Å². The zero-order valence-corrected chi connectivity index (χ0v) is 28.1. The van der Waals surface area contributed by atoms with E-state index in [0.29, 0.717) is 17.9 Å². The lowest BCUT2D eigenvalue weighted by molar-refractivity contribution is -0.122. The van der Waals surface area contributed by atoms with Gasteiger partial charge in [-0.1, -0.05) is 66.0 Å². The van der Waals surface area contributed by atoms with E-state index >= 15 is 0 Å². The number of nitrogens with one attached hydrogen (secondary N) is 2. The molecule has 4 aromatic carbocycles. The first-order valence-electron chi connectivity index (χ1n) is 14.9. The number of halogens is 2. The van der Waals surface area contributed by atoms with Crippen molar-refractivity contribution in [1.29, 1.82) is 0 Å². The van der Waals surface area contributed by atoms with E-state index < -0.39 is 24.2 Å². The van der Waals surface area contributed by atoms with E-state index in [0.717, 1.165) is 16.0 Å². The first-order chi connectivity index (χ1) is 22.4. The molecule has 1 atom stereocenters. The molecule has 12 heteroatoms. The molecule has 0 aliphatic heterocycles. The van der Waals surface area contributed by atoms with Crippen molar-refractivity contribution in [2.24, 2.45) is 0 Å². The fraction of sp³-hybridized carbons (Fsp3) is 0.257.